The summed E-state index contributed by atoms with van der Waals surface area (Å²) in [6.45, 7) is 12.6. The Kier molecular flexibility index (Phi) is 11.0. The molecular weight excluding hydrogens is 677 g/mol. The molecular formula is C38H45F2N3O5SSi. The van der Waals surface area contributed by atoms with Gasteiger partial charge in [-0.1, -0.05) is 81.4 Å². The number of carbonyl (C=O) groups is 1. The molecule has 0 saturated carbocycles. The number of morpholine rings is 2. The van der Waals surface area contributed by atoms with Crippen LogP contribution in [0.15, 0.2) is 72.2 Å². The maximum atomic E-state index is 16.7. The summed E-state index contributed by atoms with van der Waals surface area (Å²) >= 11 is 0.995. The van der Waals surface area contributed by atoms with Crippen LogP contribution in [-0.4, -0.2) is 80.7 Å². The molecule has 4 aromatic rings. The molecule has 0 bridgehead atoms. The number of aromatic nitrogens is 1. The van der Waals surface area contributed by atoms with Gasteiger partial charge >= 0.3 is 0 Å². The second-order valence-electron chi connectivity index (χ2n) is 14.1. The van der Waals surface area contributed by atoms with Crippen LogP contribution >= 0.6 is 11.3 Å². The Labute approximate surface area is 297 Å². The number of ether oxygens (including phenoxy) is 2. The Bertz CT molecular complexity index is 1730. The number of nitrogens with zero attached hydrogens (tertiary/aromatic N) is 3. The van der Waals surface area contributed by atoms with E-state index in [0.29, 0.717) is 45.0 Å². The molecule has 0 spiro atoms. The van der Waals surface area contributed by atoms with Crippen LogP contribution in [0.1, 0.15) is 67.3 Å². The first-order chi connectivity index (χ1) is 23.9. The lowest BCUT2D eigenvalue weighted by atomic mass is 10.0. The Balaban J connectivity index is 1.47. The summed E-state index contributed by atoms with van der Waals surface area (Å²) in [7, 11) is -3.10. The van der Waals surface area contributed by atoms with E-state index in [2.05, 4.69) is 50.0 Å². The van der Waals surface area contributed by atoms with Crippen LogP contribution in [0.25, 0.3) is 0 Å². The van der Waals surface area contributed by atoms with Crippen molar-refractivity contribution in [1.82, 2.24) is 9.88 Å². The van der Waals surface area contributed by atoms with Gasteiger partial charge < -0.3 is 23.9 Å². The highest BCUT2D eigenvalue weighted by molar-refractivity contribution is 7.12. The average molecular weight is 722 g/mol. The molecule has 0 radical (unpaired) electrons. The smallest absolute Gasteiger partial charge is 0.261 e. The lowest BCUT2D eigenvalue weighted by Gasteiger charge is -2.43. The standard InChI is InChI=1S/C38H45F2N3O5SSi/c1-25-21-43(22-26(2)48-25)34-27(23-47-50(38(3,4)5,28-12-8-6-9-13-28)29-14-10-7-11-15-29)20-30(31(39)32(34)40)35(44)36-33(41-24-49-36)37(45)42-16-18-46-19-17-42/h6-15,20,24-26,37,45H,16-19,21-23H2,1-5H3. The van der Waals surface area contributed by atoms with Gasteiger partial charge in [0.1, 0.15) is 10.6 Å². The van der Waals surface area contributed by atoms with Crippen molar-refractivity contribution in [3.63, 3.8) is 0 Å². The van der Waals surface area contributed by atoms with Gasteiger partial charge in [-0.25, -0.2) is 13.8 Å². The van der Waals surface area contributed by atoms with E-state index in [9.17, 15) is 9.90 Å². The molecule has 2 aliphatic rings. The molecule has 3 heterocycles. The first kappa shape index (κ1) is 36.4. The number of carbonyl (C=O) groups excluding carboxylic acids is 1. The Morgan fingerprint density at radius 1 is 1.00 bits per heavy atom. The normalized spacial score (nSPS) is 19.8. The van der Waals surface area contributed by atoms with Gasteiger partial charge in [-0.2, -0.15) is 0 Å². The summed E-state index contributed by atoms with van der Waals surface area (Å²) in [5.74, 6) is -3.10. The molecule has 1 aromatic heterocycles. The van der Waals surface area contributed by atoms with E-state index in [-0.39, 0.29) is 40.1 Å². The summed E-state index contributed by atoms with van der Waals surface area (Å²) < 4.78 is 51.6. The highest BCUT2D eigenvalue weighted by Crippen LogP contribution is 2.40. The van der Waals surface area contributed by atoms with Crippen molar-refractivity contribution in [2.75, 3.05) is 44.3 Å². The highest BCUT2D eigenvalue weighted by Gasteiger charge is 2.50. The van der Waals surface area contributed by atoms with Crippen molar-refractivity contribution < 1.29 is 32.6 Å². The maximum Gasteiger partial charge on any atom is 0.261 e. The largest absolute Gasteiger partial charge is 0.403 e. The highest BCUT2D eigenvalue weighted by atomic mass is 32.1. The van der Waals surface area contributed by atoms with E-state index < -0.39 is 37.5 Å². The van der Waals surface area contributed by atoms with Gasteiger partial charge in [-0.3, -0.25) is 9.69 Å². The minimum Gasteiger partial charge on any atom is -0.403 e. The van der Waals surface area contributed by atoms with E-state index in [1.807, 2.05) is 50.2 Å². The zero-order chi connectivity index (χ0) is 35.6. The van der Waals surface area contributed by atoms with Gasteiger partial charge in [0.25, 0.3) is 8.32 Å². The van der Waals surface area contributed by atoms with Crippen LogP contribution in [0, 0.1) is 11.6 Å². The van der Waals surface area contributed by atoms with E-state index >= 15 is 8.78 Å². The zero-order valence-corrected chi connectivity index (χ0v) is 31.0. The van der Waals surface area contributed by atoms with Crippen molar-refractivity contribution in [2.24, 2.45) is 0 Å². The van der Waals surface area contributed by atoms with Crippen LogP contribution in [-0.2, 0) is 20.5 Å². The molecule has 266 valence electrons. The van der Waals surface area contributed by atoms with Crippen LogP contribution in [0.2, 0.25) is 5.04 Å². The lowest BCUT2D eigenvalue weighted by molar-refractivity contribution is -0.0622. The molecule has 3 aromatic carbocycles. The third-order valence-corrected chi connectivity index (χ3v) is 15.4. The third-order valence-electron chi connectivity index (χ3n) is 9.54. The second-order valence-corrected chi connectivity index (χ2v) is 19.3. The van der Waals surface area contributed by atoms with Crippen LogP contribution < -0.4 is 15.3 Å². The molecule has 0 aliphatic carbocycles. The predicted octanol–water partition coefficient (Wildman–Crippen LogP) is 5.67. The summed E-state index contributed by atoms with van der Waals surface area (Å²) in [4.78, 5) is 22.1. The molecule has 1 N–H and O–H groups in total. The quantitative estimate of drug-likeness (QED) is 0.166. The molecule has 2 fully saturated rings. The number of anilines is 1. The van der Waals surface area contributed by atoms with E-state index in [1.165, 1.54) is 11.6 Å². The van der Waals surface area contributed by atoms with E-state index in [4.69, 9.17) is 13.9 Å². The number of rotatable bonds is 10. The minimum absolute atomic E-state index is 0.0579. The third kappa shape index (κ3) is 7.07. The fourth-order valence-corrected chi connectivity index (χ4v) is 12.6. The lowest BCUT2D eigenvalue weighted by Crippen LogP contribution is -2.66. The molecule has 50 heavy (non-hydrogen) atoms. The predicted molar refractivity (Wildman–Crippen MR) is 194 cm³/mol. The molecule has 2 saturated heterocycles. The number of aliphatic hydroxyl groups excluding tert-OH is 1. The average Bonchev–Trinajstić information content (AvgIpc) is 3.60. The van der Waals surface area contributed by atoms with Gasteiger partial charge in [0.15, 0.2) is 17.9 Å². The van der Waals surface area contributed by atoms with Crippen molar-refractivity contribution in [3.05, 3.63) is 106 Å². The fraction of sp³-hybridized carbons (Fsp3) is 0.421. The van der Waals surface area contributed by atoms with Crippen LogP contribution in [0.5, 0.6) is 0 Å². The van der Waals surface area contributed by atoms with Crippen LogP contribution in [0.4, 0.5) is 14.5 Å². The second kappa shape index (κ2) is 15.1. The molecule has 6 rings (SSSR count). The summed E-state index contributed by atoms with van der Waals surface area (Å²) in [5.41, 5.74) is 1.56. The topological polar surface area (TPSA) is 84.4 Å². The minimum atomic E-state index is -3.10. The molecule has 3 atom stereocenters. The SMILES string of the molecule is CC1CN(c2c(CO[Si](c3ccccc3)(c3ccccc3)C(C)(C)C)cc(C(=O)c3scnc3C(O)N3CCOCC3)c(F)c2F)CC(C)O1. The van der Waals surface area contributed by atoms with Gasteiger partial charge in [-0.05, 0) is 35.3 Å². The summed E-state index contributed by atoms with van der Waals surface area (Å²) in [6, 6.07) is 21.6. The summed E-state index contributed by atoms with van der Waals surface area (Å²) in [5, 5.41) is 12.9. The molecule has 12 heteroatoms. The molecule has 2 aliphatic heterocycles. The van der Waals surface area contributed by atoms with Gasteiger partial charge in [0.05, 0.1) is 48.8 Å². The Hall–Kier alpha value is -3.36. The van der Waals surface area contributed by atoms with Gasteiger partial charge in [-0.15, -0.1) is 11.3 Å². The zero-order valence-electron chi connectivity index (χ0n) is 29.2. The van der Waals surface area contributed by atoms with E-state index in [1.54, 1.807) is 9.80 Å². The molecule has 3 unspecified atom stereocenters. The number of aliphatic hydroxyl groups is 1. The van der Waals surface area contributed by atoms with Crippen LogP contribution in [0.3, 0.4) is 0 Å². The van der Waals surface area contributed by atoms with Gasteiger partial charge in [0.2, 0.25) is 5.78 Å². The van der Waals surface area contributed by atoms with E-state index in [0.717, 1.165) is 21.7 Å². The monoisotopic (exact) mass is 721 g/mol. The Morgan fingerprint density at radius 2 is 1.58 bits per heavy atom. The van der Waals surface area contributed by atoms with Crippen molar-refractivity contribution >= 4 is 41.5 Å². The van der Waals surface area contributed by atoms with Crippen molar-refractivity contribution in [3.8, 4) is 0 Å². The molecule has 0 amide bonds. The fourth-order valence-electron chi connectivity index (χ4n) is 7.32. The summed E-state index contributed by atoms with van der Waals surface area (Å²) in [6.07, 6.45) is -1.64. The number of halogens is 2. The number of hydrogen-bond donors (Lipinski definition) is 1. The maximum absolute atomic E-state index is 16.7. The number of hydrogen-bond acceptors (Lipinski definition) is 9. The number of benzene rings is 3. The number of ketones is 1. The van der Waals surface area contributed by atoms with Crippen molar-refractivity contribution in [2.45, 2.75) is 64.7 Å². The first-order valence-electron chi connectivity index (χ1n) is 17.1. The van der Waals surface area contributed by atoms with Gasteiger partial charge in [0, 0.05) is 31.7 Å². The number of thiazole rings is 1. The molecule has 8 nitrogen and oxygen atoms in total. The van der Waals surface area contributed by atoms with Crippen molar-refractivity contribution in [1.29, 1.82) is 0 Å². The Morgan fingerprint density at radius 3 is 2.14 bits per heavy atom. The first-order valence-corrected chi connectivity index (χ1v) is 19.9.